The number of hydrogen-bond acceptors (Lipinski definition) is 4. The zero-order valence-corrected chi connectivity index (χ0v) is 13.0. The third kappa shape index (κ3) is 3.26. The number of rotatable bonds is 5. The number of anilines is 1. The molecule has 1 aliphatic carbocycles. The van der Waals surface area contributed by atoms with Gasteiger partial charge in [0, 0.05) is 18.3 Å². The summed E-state index contributed by atoms with van der Waals surface area (Å²) < 4.78 is 59.0. The molecule has 1 heterocycles. The standard InChI is InChI=1S/C15H14F2N2O3S/c1-22-13-7-12(17)14(8-11(13)16)23(20,21)19-15-6-10(4-5-18-15)9-2-3-9/h4-9H,2-3H2,1H3,(H,18,19). The fraction of sp³-hybridized carbons (Fsp3) is 0.267. The van der Waals surface area contributed by atoms with E-state index in [9.17, 15) is 17.2 Å². The summed E-state index contributed by atoms with van der Waals surface area (Å²) in [5.41, 5.74) is 0.971. The van der Waals surface area contributed by atoms with Gasteiger partial charge in [0.25, 0.3) is 10.0 Å². The van der Waals surface area contributed by atoms with Gasteiger partial charge in [-0.25, -0.2) is 22.2 Å². The van der Waals surface area contributed by atoms with Crippen molar-refractivity contribution >= 4 is 15.8 Å². The lowest BCUT2D eigenvalue weighted by molar-refractivity contribution is 0.380. The van der Waals surface area contributed by atoms with Crippen molar-refractivity contribution in [2.75, 3.05) is 11.8 Å². The van der Waals surface area contributed by atoms with Crippen molar-refractivity contribution in [3.8, 4) is 5.75 Å². The van der Waals surface area contributed by atoms with Gasteiger partial charge in [0.15, 0.2) is 11.6 Å². The Morgan fingerprint density at radius 2 is 1.96 bits per heavy atom. The molecule has 122 valence electrons. The monoisotopic (exact) mass is 340 g/mol. The van der Waals surface area contributed by atoms with Crippen molar-refractivity contribution < 1.29 is 21.9 Å². The summed E-state index contributed by atoms with van der Waals surface area (Å²) in [6.07, 6.45) is 3.58. The molecule has 23 heavy (non-hydrogen) atoms. The highest BCUT2D eigenvalue weighted by Crippen LogP contribution is 2.40. The van der Waals surface area contributed by atoms with Gasteiger partial charge in [0.1, 0.15) is 16.5 Å². The summed E-state index contributed by atoms with van der Waals surface area (Å²) in [7, 11) is -3.13. The van der Waals surface area contributed by atoms with Crippen molar-refractivity contribution in [1.29, 1.82) is 0 Å². The van der Waals surface area contributed by atoms with Crippen LogP contribution >= 0.6 is 0 Å². The van der Waals surface area contributed by atoms with Crippen molar-refractivity contribution in [1.82, 2.24) is 4.98 Å². The van der Waals surface area contributed by atoms with Crippen LogP contribution in [-0.2, 0) is 10.0 Å². The number of halogens is 2. The second-order valence-electron chi connectivity index (χ2n) is 5.27. The van der Waals surface area contributed by atoms with Crippen molar-refractivity contribution in [2.45, 2.75) is 23.7 Å². The number of nitrogens with zero attached hydrogens (tertiary/aromatic N) is 1. The van der Waals surface area contributed by atoms with Crippen molar-refractivity contribution in [3.63, 3.8) is 0 Å². The van der Waals surface area contributed by atoms with E-state index in [0.29, 0.717) is 18.1 Å². The van der Waals surface area contributed by atoms with E-state index >= 15 is 0 Å². The molecule has 1 saturated carbocycles. The number of sulfonamides is 1. The van der Waals surface area contributed by atoms with Crippen LogP contribution in [0.4, 0.5) is 14.6 Å². The van der Waals surface area contributed by atoms with Crippen molar-refractivity contribution in [2.24, 2.45) is 0 Å². The average Bonchev–Trinajstić information content (AvgIpc) is 3.33. The lowest BCUT2D eigenvalue weighted by Crippen LogP contribution is -2.16. The molecule has 2 aromatic rings. The highest BCUT2D eigenvalue weighted by atomic mass is 32.2. The van der Waals surface area contributed by atoms with Crippen LogP contribution in [0.2, 0.25) is 0 Å². The topological polar surface area (TPSA) is 68.3 Å². The molecule has 1 fully saturated rings. The predicted molar refractivity (Wildman–Crippen MR) is 79.9 cm³/mol. The SMILES string of the molecule is COc1cc(F)c(S(=O)(=O)Nc2cc(C3CC3)ccn2)cc1F. The number of nitrogens with one attached hydrogen (secondary N) is 1. The van der Waals surface area contributed by atoms with Crippen LogP contribution in [0.5, 0.6) is 5.75 Å². The van der Waals surface area contributed by atoms with Gasteiger partial charge in [0.05, 0.1) is 7.11 Å². The molecule has 0 bridgehead atoms. The second-order valence-corrected chi connectivity index (χ2v) is 6.92. The molecule has 0 radical (unpaired) electrons. The summed E-state index contributed by atoms with van der Waals surface area (Å²) in [6.45, 7) is 0. The molecular formula is C15H14F2N2O3S. The van der Waals surface area contributed by atoms with Crippen LogP contribution < -0.4 is 9.46 Å². The van der Waals surface area contributed by atoms with Crippen LogP contribution in [0.15, 0.2) is 35.4 Å². The molecule has 0 unspecified atom stereocenters. The molecule has 1 N–H and O–H groups in total. The van der Waals surface area contributed by atoms with E-state index in [1.807, 2.05) is 6.07 Å². The molecule has 0 amide bonds. The van der Waals surface area contributed by atoms with Crippen LogP contribution in [-0.4, -0.2) is 20.5 Å². The fourth-order valence-electron chi connectivity index (χ4n) is 2.24. The fourth-order valence-corrected chi connectivity index (χ4v) is 3.31. The minimum absolute atomic E-state index is 0.0741. The maximum absolute atomic E-state index is 13.9. The number of methoxy groups -OCH3 is 1. The molecule has 8 heteroatoms. The Kier molecular flexibility index (Phi) is 3.93. The molecule has 0 spiro atoms. The third-order valence-electron chi connectivity index (χ3n) is 3.57. The normalized spacial score (nSPS) is 14.6. The molecule has 1 aliphatic rings. The van der Waals surface area contributed by atoms with Gasteiger partial charge in [-0.15, -0.1) is 0 Å². The molecule has 3 rings (SSSR count). The first-order valence-corrected chi connectivity index (χ1v) is 8.41. The minimum atomic E-state index is -4.30. The lowest BCUT2D eigenvalue weighted by Gasteiger charge is -2.10. The first-order chi connectivity index (χ1) is 10.9. The highest BCUT2D eigenvalue weighted by Gasteiger charge is 2.26. The predicted octanol–water partition coefficient (Wildman–Crippen LogP) is 3.05. The maximum Gasteiger partial charge on any atom is 0.266 e. The molecule has 0 aliphatic heterocycles. The molecular weight excluding hydrogens is 326 g/mol. The second kappa shape index (κ2) is 5.77. The van der Waals surface area contributed by atoms with Gasteiger partial charge in [-0.3, -0.25) is 4.72 Å². The van der Waals surface area contributed by atoms with E-state index in [4.69, 9.17) is 0 Å². The molecule has 5 nitrogen and oxygen atoms in total. The third-order valence-corrected chi connectivity index (χ3v) is 4.94. The first-order valence-electron chi connectivity index (χ1n) is 6.92. The van der Waals surface area contributed by atoms with Gasteiger partial charge in [-0.1, -0.05) is 0 Å². The maximum atomic E-state index is 13.9. The minimum Gasteiger partial charge on any atom is -0.494 e. The molecule has 1 aromatic carbocycles. The number of pyridine rings is 1. The van der Waals surface area contributed by atoms with E-state index in [1.54, 1.807) is 6.07 Å². The summed E-state index contributed by atoms with van der Waals surface area (Å²) in [4.78, 5) is 3.12. The summed E-state index contributed by atoms with van der Waals surface area (Å²) in [5.74, 6) is -1.94. The molecule has 0 atom stereocenters. The molecule has 0 saturated heterocycles. The quantitative estimate of drug-likeness (QED) is 0.908. The summed E-state index contributed by atoms with van der Waals surface area (Å²) >= 11 is 0. The zero-order chi connectivity index (χ0) is 16.6. The van der Waals surface area contributed by atoms with E-state index < -0.39 is 26.6 Å². The zero-order valence-electron chi connectivity index (χ0n) is 12.2. The first kappa shape index (κ1) is 15.7. The molecule has 1 aromatic heterocycles. The van der Waals surface area contributed by atoms with Crippen LogP contribution in [0, 0.1) is 11.6 Å². The van der Waals surface area contributed by atoms with E-state index in [2.05, 4.69) is 14.4 Å². The van der Waals surface area contributed by atoms with Gasteiger partial charge in [-0.2, -0.15) is 0 Å². The average molecular weight is 340 g/mol. The van der Waals surface area contributed by atoms with Crippen LogP contribution in [0.3, 0.4) is 0 Å². The lowest BCUT2D eigenvalue weighted by atomic mass is 10.2. The number of aromatic nitrogens is 1. The Hall–Kier alpha value is -2.22. The Bertz CT molecular complexity index is 852. The van der Waals surface area contributed by atoms with Gasteiger partial charge in [0.2, 0.25) is 0 Å². The number of hydrogen-bond donors (Lipinski definition) is 1. The van der Waals surface area contributed by atoms with E-state index in [-0.39, 0.29) is 11.6 Å². The van der Waals surface area contributed by atoms with Crippen LogP contribution in [0.25, 0.3) is 0 Å². The summed E-state index contributed by atoms with van der Waals surface area (Å²) in [6, 6.07) is 4.69. The van der Waals surface area contributed by atoms with E-state index in [1.165, 1.54) is 6.20 Å². The van der Waals surface area contributed by atoms with Gasteiger partial charge < -0.3 is 4.74 Å². The van der Waals surface area contributed by atoms with Crippen LogP contribution in [0.1, 0.15) is 24.3 Å². The number of benzene rings is 1. The Morgan fingerprint density at radius 3 is 2.61 bits per heavy atom. The Morgan fingerprint density at radius 1 is 1.22 bits per heavy atom. The Labute approximate surface area is 132 Å². The van der Waals surface area contributed by atoms with Gasteiger partial charge in [-0.05, 0) is 36.5 Å². The van der Waals surface area contributed by atoms with Gasteiger partial charge >= 0.3 is 0 Å². The smallest absolute Gasteiger partial charge is 0.266 e. The largest absolute Gasteiger partial charge is 0.494 e. The van der Waals surface area contributed by atoms with Crippen molar-refractivity contribution in [3.05, 3.63) is 47.7 Å². The Balaban J connectivity index is 1.92. The summed E-state index contributed by atoms with van der Waals surface area (Å²) in [5, 5.41) is 0. The number of ether oxygens (including phenoxy) is 1. The highest BCUT2D eigenvalue weighted by molar-refractivity contribution is 7.92. The van der Waals surface area contributed by atoms with E-state index in [0.717, 1.165) is 25.5 Å².